The quantitative estimate of drug-likeness (QED) is 0.669. The number of para-hydroxylation sites is 1. The first-order chi connectivity index (χ1) is 6.59. The third-order valence-corrected chi connectivity index (χ3v) is 3.76. The molecule has 0 saturated heterocycles. The van der Waals surface area contributed by atoms with Crippen LogP contribution in [0.5, 0.6) is 0 Å². The largest absolute Gasteiger partial charge is 0.319 e. The van der Waals surface area contributed by atoms with E-state index in [-0.39, 0.29) is 0 Å². The fraction of sp³-hybridized carbons (Fsp3) is 0.182. The summed E-state index contributed by atoms with van der Waals surface area (Å²) in [6.07, 6.45) is 1.72. The summed E-state index contributed by atoms with van der Waals surface area (Å²) in [5, 5.41) is 1.92. The Morgan fingerprint density at radius 1 is 1.14 bits per heavy atom. The third kappa shape index (κ3) is 1.58. The van der Waals surface area contributed by atoms with E-state index >= 15 is 0 Å². The lowest BCUT2D eigenvalue weighted by Crippen LogP contribution is -2.04. The average molecular weight is 205 g/mol. The summed E-state index contributed by atoms with van der Waals surface area (Å²) in [7, 11) is -2.20. The van der Waals surface area contributed by atoms with Crippen LogP contribution < -0.4 is 5.30 Å². The van der Waals surface area contributed by atoms with Gasteiger partial charge in [0.1, 0.15) is 7.14 Å². The Labute approximate surface area is 83.4 Å². The molecule has 3 heteroatoms. The van der Waals surface area contributed by atoms with Crippen LogP contribution in [0, 0.1) is 0 Å². The van der Waals surface area contributed by atoms with Gasteiger partial charge in [0.05, 0.1) is 5.52 Å². The third-order valence-electron chi connectivity index (χ3n) is 2.21. The molecule has 14 heavy (non-hydrogen) atoms. The van der Waals surface area contributed by atoms with Gasteiger partial charge < -0.3 is 4.57 Å². The van der Waals surface area contributed by atoms with Crippen molar-refractivity contribution in [3.05, 3.63) is 36.5 Å². The highest BCUT2D eigenvalue weighted by Crippen LogP contribution is 2.36. The molecule has 1 heterocycles. The van der Waals surface area contributed by atoms with Crippen molar-refractivity contribution in [1.82, 2.24) is 4.98 Å². The predicted octanol–water partition coefficient (Wildman–Crippen LogP) is 2.48. The molecule has 0 fully saturated rings. The van der Waals surface area contributed by atoms with Crippen molar-refractivity contribution in [1.29, 1.82) is 0 Å². The van der Waals surface area contributed by atoms with Crippen molar-refractivity contribution in [3.8, 4) is 0 Å². The molecule has 0 atom stereocenters. The Kier molecular flexibility index (Phi) is 2.16. The van der Waals surface area contributed by atoms with Gasteiger partial charge >= 0.3 is 0 Å². The van der Waals surface area contributed by atoms with Gasteiger partial charge in [0.15, 0.2) is 0 Å². The van der Waals surface area contributed by atoms with E-state index in [4.69, 9.17) is 0 Å². The number of hydrogen-bond donors (Lipinski definition) is 0. The van der Waals surface area contributed by atoms with Crippen LogP contribution in [0.4, 0.5) is 0 Å². The van der Waals surface area contributed by atoms with Crippen LogP contribution in [-0.2, 0) is 4.57 Å². The van der Waals surface area contributed by atoms with Gasteiger partial charge in [-0.1, -0.05) is 18.2 Å². The first-order valence-corrected chi connectivity index (χ1v) is 7.08. The second-order valence-corrected chi connectivity index (χ2v) is 6.88. The second-order valence-electron chi connectivity index (χ2n) is 3.70. The molecule has 0 amide bonds. The molecule has 2 nitrogen and oxygen atoms in total. The van der Waals surface area contributed by atoms with E-state index in [0.717, 1.165) is 16.2 Å². The van der Waals surface area contributed by atoms with E-state index in [1.54, 1.807) is 19.5 Å². The van der Waals surface area contributed by atoms with Crippen LogP contribution >= 0.6 is 7.14 Å². The molecule has 0 saturated carbocycles. The molecule has 0 N–H and O–H groups in total. The van der Waals surface area contributed by atoms with Gasteiger partial charge in [-0.2, -0.15) is 0 Å². The van der Waals surface area contributed by atoms with Gasteiger partial charge in [-0.3, -0.25) is 4.98 Å². The Hall–Kier alpha value is -1.14. The highest BCUT2D eigenvalue weighted by molar-refractivity contribution is 7.70. The molecule has 2 rings (SSSR count). The summed E-state index contributed by atoms with van der Waals surface area (Å²) < 4.78 is 12.0. The topological polar surface area (TPSA) is 30.0 Å². The molecular weight excluding hydrogens is 193 g/mol. The fourth-order valence-electron chi connectivity index (χ4n) is 1.55. The van der Waals surface area contributed by atoms with E-state index in [2.05, 4.69) is 4.98 Å². The van der Waals surface area contributed by atoms with Crippen LogP contribution in [-0.4, -0.2) is 18.3 Å². The molecule has 0 aliphatic heterocycles. The number of benzene rings is 1. The van der Waals surface area contributed by atoms with Crippen LogP contribution in [0.25, 0.3) is 10.9 Å². The first kappa shape index (κ1) is 9.42. The lowest BCUT2D eigenvalue weighted by molar-refractivity contribution is 0.588. The summed E-state index contributed by atoms with van der Waals surface area (Å²) in [5.74, 6) is 0. The highest BCUT2D eigenvalue weighted by Gasteiger charge is 2.14. The van der Waals surface area contributed by atoms with Crippen molar-refractivity contribution < 1.29 is 4.57 Å². The summed E-state index contributed by atoms with van der Waals surface area (Å²) >= 11 is 0. The van der Waals surface area contributed by atoms with E-state index in [1.807, 2.05) is 30.3 Å². The van der Waals surface area contributed by atoms with Crippen LogP contribution in [0.3, 0.4) is 0 Å². The van der Waals surface area contributed by atoms with Crippen LogP contribution in [0.15, 0.2) is 36.5 Å². The van der Waals surface area contributed by atoms with E-state index in [1.165, 1.54) is 0 Å². The summed E-state index contributed by atoms with van der Waals surface area (Å²) in [5.41, 5.74) is 0.911. The first-order valence-electron chi connectivity index (χ1n) is 4.48. The summed E-state index contributed by atoms with van der Waals surface area (Å²) in [4.78, 5) is 4.23. The van der Waals surface area contributed by atoms with Crippen LogP contribution in [0.1, 0.15) is 0 Å². The number of pyridine rings is 1. The highest BCUT2D eigenvalue weighted by atomic mass is 31.2. The van der Waals surface area contributed by atoms with Gasteiger partial charge in [-0.15, -0.1) is 0 Å². The van der Waals surface area contributed by atoms with Gasteiger partial charge in [0.2, 0.25) is 0 Å². The van der Waals surface area contributed by atoms with Crippen molar-refractivity contribution >= 4 is 23.3 Å². The SMILES string of the molecule is CP(C)(=O)c1ccnc2ccccc12. The molecule has 0 radical (unpaired) electrons. The van der Waals surface area contributed by atoms with Gasteiger partial charge in [-0.05, 0) is 25.5 Å². The lowest BCUT2D eigenvalue weighted by Gasteiger charge is -2.09. The zero-order valence-electron chi connectivity index (χ0n) is 8.27. The normalized spacial score (nSPS) is 11.9. The lowest BCUT2D eigenvalue weighted by atomic mass is 10.2. The van der Waals surface area contributed by atoms with E-state index in [0.29, 0.717) is 0 Å². The molecule has 1 aromatic heterocycles. The molecule has 0 aliphatic carbocycles. The summed E-state index contributed by atoms with van der Waals surface area (Å²) in [6.45, 7) is 3.57. The molecule has 2 aromatic rings. The second kappa shape index (κ2) is 3.21. The Bertz CT molecular complexity index is 510. The van der Waals surface area contributed by atoms with Crippen molar-refractivity contribution in [3.63, 3.8) is 0 Å². The zero-order valence-corrected chi connectivity index (χ0v) is 9.16. The minimum absolute atomic E-state index is 0.911. The zero-order chi connectivity index (χ0) is 10.2. The maximum Gasteiger partial charge on any atom is 0.110 e. The standard InChI is InChI=1S/C11H12NOP/c1-14(2,13)11-7-8-12-10-6-4-3-5-9(10)11/h3-8H,1-2H3. The number of hydrogen-bond acceptors (Lipinski definition) is 2. The van der Waals surface area contributed by atoms with Crippen LogP contribution in [0.2, 0.25) is 0 Å². The Morgan fingerprint density at radius 3 is 2.57 bits per heavy atom. The smallest absolute Gasteiger partial charge is 0.110 e. The minimum Gasteiger partial charge on any atom is -0.319 e. The number of nitrogens with zero attached hydrogens (tertiary/aromatic N) is 1. The molecule has 0 bridgehead atoms. The Morgan fingerprint density at radius 2 is 1.86 bits per heavy atom. The molecule has 1 aromatic carbocycles. The van der Waals surface area contributed by atoms with Crippen molar-refractivity contribution in [2.24, 2.45) is 0 Å². The number of aromatic nitrogens is 1. The van der Waals surface area contributed by atoms with Crippen molar-refractivity contribution in [2.45, 2.75) is 0 Å². The molecule has 0 aliphatic rings. The average Bonchev–Trinajstić information content (AvgIpc) is 2.15. The van der Waals surface area contributed by atoms with Gasteiger partial charge in [0.25, 0.3) is 0 Å². The van der Waals surface area contributed by atoms with E-state index < -0.39 is 7.14 Å². The molecule has 0 spiro atoms. The predicted molar refractivity (Wildman–Crippen MR) is 60.8 cm³/mol. The summed E-state index contributed by atoms with van der Waals surface area (Å²) in [6, 6.07) is 9.65. The molecule has 0 unspecified atom stereocenters. The number of fused-ring (bicyclic) bond motifs is 1. The monoisotopic (exact) mass is 205 g/mol. The van der Waals surface area contributed by atoms with Crippen molar-refractivity contribution in [2.75, 3.05) is 13.3 Å². The Balaban J connectivity index is 2.85. The van der Waals surface area contributed by atoms with Gasteiger partial charge in [-0.25, -0.2) is 0 Å². The maximum absolute atomic E-state index is 12.0. The molecular formula is C11H12NOP. The minimum atomic E-state index is -2.20. The van der Waals surface area contributed by atoms with E-state index in [9.17, 15) is 4.57 Å². The van der Waals surface area contributed by atoms with Gasteiger partial charge in [0, 0.05) is 16.9 Å². The fourth-order valence-corrected chi connectivity index (χ4v) is 2.75. The molecule has 72 valence electrons. The number of rotatable bonds is 1. The maximum atomic E-state index is 12.0.